The number of rotatable bonds is 6. The predicted molar refractivity (Wildman–Crippen MR) is 98.1 cm³/mol. The average molecular weight is 355 g/mol. The smallest absolute Gasteiger partial charge is 0.241 e. The third-order valence-electron chi connectivity index (χ3n) is 4.24. The van der Waals surface area contributed by atoms with Crippen molar-refractivity contribution in [1.82, 2.24) is 10.2 Å². The molecule has 0 bridgehead atoms. The number of nitrogens with zero attached hydrogens (tertiary/aromatic N) is 1. The van der Waals surface area contributed by atoms with Gasteiger partial charge in [-0.2, -0.15) is 0 Å². The number of hydrogen-bond acceptors (Lipinski definition) is 4. The van der Waals surface area contributed by atoms with Crippen LogP contribution in [-0.2, 0) is 9.59 Å². The maximum atomic E-state index is 12.4. The zero-order valence-electron chi connectivity index (χ0n) is 14.0. The van der Waals surface area contributed by atoms with Crippen molar-refractivity contribution < 1.29 is 9.59 Å². The van der Waals surface area contributed by atoms with Crippen molar-refractivity contribution in [2.24, 2.45) is 11.7 Å². The molecule has 2 atom stereocenters. The number of carbonyl (C=O) groups is 2. The van der Waals surface area contributed by atoms with Crippen molar-refractivity contribution in [3.63, 3.8) is 0 Å². The van der Waals surface area contributed by atoms with E-state index in [2.05, 4.69) is 15.5 Å². The van der Waals surface area contributed by atoms with Gasteiger partial charge in [0, 0.05) is 25.3 Å². The lowest BCUT2D eigenvalue weighted by molar-refractivity contribution is -0.129. The van der Waals surface area contributed by atoms with Crippen LogP contribution in [0.15, 0.2) is 30.3 Å². The van der Waals surface area contributed by atoms with Crippen LogP contribution in [0.3, 0.4) is 0 Å². The minimum Gasteiger partial charge on any atom is -0.355 e. The molecule has 2 amide bonds. The fourth-order valence-electron chi connectivity index (χ4n) is 2.85. The number of anilines is 1. The molecule has 1 fully saturated rings. The molecule has 1 aromatic rings. The molecule has 0 aliphatic carbocycles. The molecule has 1 saturated heterocycles. The van der Waals surface area contributed by atoms with Gasteiger partial charge in [0.2, 0.25) is 11.8 Å². The summed E-state index contributed by atoms with van der Waals surface area (Å²) in [6.07, 6.45) is 1.78. The number of piperidine rings is 1. The van der Waals surface area contributed by atoms with Crippen LogP contribution in [-0.4, -0.2) is 48.9 Å². The van der Waals surface area contributed by atoms with Crippen molar-refractivity contribution >= 4 is 29.9 Å². The van der Waals surface area contributed by atoms with Crippen molar-refractivity contribution in [2.45, 2.75) is 25.8 Å². The number of carbonyl (C=O) groups excluding carboxylic acids is 2. The van der Waals surface area contributed by atoms with Crippen LogP contribution in [0.25, 0.3) is 0 Å². The molecule has 0 spiro atoms. The molecule has 4 N–H and O–H groups in total. The maximum Gasteiger partial charge on any atom is 0.241 e. The highest BCUT2D eigenvalue weighted by Gasteiger charge is 2.30. The van der Waals surface area contributed by atoms with E-state index in [1.165, 1.54) is 0 Å². The second-order valence-electron chi connectivity index (χ2n) is 5.95. The summed E-state index contributed by atoms with van der Waals surface area (Å²) in [5.41, 5.74) is 6.21. The monoisotopic (exact) mass is 354 g/mol. The SMILES string of the molecule is CC(C(=O)Nc1ccccc1)N1CCCC(C(=O)NCCN)C1.Cl. The molecule has 1 aliphatic heterocycles. The van der Waals surface area contributed by atoms with Gasteiger partial charge in [0.1, 0.15) is 0 Å². The molecule has 0 saturated carbocycles. The van der Waals surface area contributed by atoms with Gasteiger partial charge < -0.3 is 16.4 Å². The Morgan fingerprint density at radius 2 is 2.04 bits per heavy atom. The first-order valence-corrected chi connectivity index (χ1v) is 8.19. The van der Waals surface area contributed by atoms with Crippen LogP contribution >= 0.6 is 12.4 Å². The molecular weight excluding hydrogens is 328 g/mol. The summed E-state index contributed by atoms with van der Waals surface area (Å²) in [6.45, 7) is 4.28. The second kappa shape index (κ2) is 10.3. The lowest BCUT2D eigenvalue weighted by Crippen LogP contribution is -2.50. The number of nitrogens with two attached hydrogens (primary N) is 1. The molecule has 1 heterocycles. The fraction of sp³-hybridized carbons (Fsp3) is 0.529. The fourth-order valence-corrected chi connectivity index (χ4v) is 2.85. The van der Waals surface area contributed by atoms with E-state index >= 15 is 0 Å². The Bertz CT molecular complexity index is 527. The number of halogens is 1. The van der Waals surface area contributed by atoms with Gasteiger partial charge in [-0.3, -0.25) is 14.5 Å². The van der Waals surface area contributed by atoms with Gasteiger partial charge in [0.25, 0.3) is 0 Å². The van der Waals surface area contributed by atoms with Gasteiger partial charge >= 0.3 is 0 Å². The van der Waals surface area contributed by atoms with Crippen LogP contribution in [0.1, 0.15) is 19.8 Å². The van der Waals surface area contributed by atoms with Gasteiger partial charge in [-0.15, -0.1) is 12.4 Å². The van der Waals surface area contributed by atoms with Gasteiger partial charge in [-0.25, -0.2) is 0 Å². The topological polar surface area (TPSA) is 87.5 Å². The number of hydrogen-bond donors (Lipinski definition) is 3. The Labute approximate surface area is 149 Å². The van der Waals surface area contributed by atoms with E-state index in [0.717, 1.165) is 25.1 Å². The molecule has 2 rings (SSSR count). The number of para-hydroxylation sites is 1. The van der Waals surface area contributed by atoms with Gasteiger partial charge in [-0.1, -0.05) is 18.2 Å². The van der Waals surface area contributed by atoms with Crippen LogP contribution in [0.5, 0.6) is 0 Å². The summed E-state index contributed by atoms with van der Waals surface area (Å²) in [7, 11) is 0. The Hall–Kier alpha value is -1.63. The lowest BCUT2D eigenvalue weighted by Gasteiger charge is -2.35. The third-order valence-corrected chi connectivity index (χ3v) is 4.24. The second-order valence-corrected chi connectivity index (χ2v) is 5.95. The van der Waals surface area contributed by atoms with Crippen LogP contribution < -0.4 is 16.4 Å². The molecule has 0 radical (unpaired) electrons. The summed E-state index contributed by atoms with van der Waals surface area (Å²) >= 11 is 0. The normalized spacial score (nSPS) is 19.0. The largest absolute Gasteiger partial charge is 0.355 e. The first-order chi connectivity index (χ1) is 11.1. The average Bonchev–Trinajstić information content (AvgIpc) is 2.60. The molecule has 1 aliphatic rings. The highest BCUT2D eigenvalue weighted by atomic mass is 35.5. The Morgan fingerprint density at radius 1 is 1.33 bits per heavy atom. The Kier molecular flexibility index (Phi) is 8.74. The van der Waals surface area contributed by atoms with Crippen molar-refractivity contribution in [1.29, 1.82) is 0 Å². The van der Waals surface area contributed by atoms with Gasteiger partial charge in [0.05, 0.1) is 12.0 Å². The molecule has 0 aromatic heterocycles. The van der Waals surface area contributed by atoms with E-state index < -0.39 is 0 Å². The van der Waals surface area contributed by atoms with E-state index in [-0.39, 0.29) is 36.2 Å². The number of likely N-dealkylation sites (tertiary alicyclic amines) is 1. The maximum absolute atomic E-state index is 12.4. The summed E-state index contributed by atoms with van der Waals surface area (Å²) < 4.78 is 0. The minimum absolute atomic E-state index is 0. The molecule has 134 valence electrons. The van der Waals surface area contributed by atoms with Crippen molar-refractivity contribution in [3.8, 4) is 0 Å². The number of nitrogens with one attached hydrogen (secondary N) is 2. The summed E-state index contributed by atoms with van der Waals surface area (Å²) in [6, 6.07) is 9.15. The van der Waals surface area contributed by atoms with E-state index in [0.29, 0.717) is 19.6 Å². The molecule has 7 heteroatoms. The van der Waals surface area contributed by atoms with Crippen LogP contribution in [0.2, 0.25) is 0 Å². The first-order valence-electron chi connectivity index (χ1n) is 8.19. The Morgan fingerprint density at radius 3 is 2.71 bits per heavy atom. The summed E-state index contributed by atoms with van der Waals surface area (Å²) in [4.78, 5) is 26.6. The molecule has 24 heavy (non-hydrogen) atoms. The highest BCUT2D eigenvalue weighted by Crippen LogP contribution is 2.19. The Balaban J connectivity index is 0.00000288. The molecule has 2 unspecified atom stereocenters. The van der Waals surface area contributed by atoms with Crippen LogP contribution in [0.4, 0.5) is 5.69 Å². The van der Waals surface area contributed by atoms with E-state index in [9.17, 15) is 9.59 Å². The third kappa shape index (κ3) is 5.78. The summed E-state index contributed by atoms with van der Waals surface area (Å²) in [5.74, 6) is -0.0719. The zero-order valence-corrected chi connectivity index (χ0v) is 14.8. The molecular formula is C17H27ClN4O2. The zero-order chi connectivity index (χ0) is 16.7. The standard InChI is InChI=1S/C17H26N4O2.ClH/c1-13(16(22)20-15-7-3-2-4-8-15)21-11-5-6-14(12-21)17(23)19-10-9-18;/h2-4,7-8,13-14H,5-6,9-12,18H2,1H3,(H,19,23)(H,20,22);1H. The number of amides is 2. The highest BCUT2D eigenvalue weighted by molar-refractivity contribution is 5.94. The van der Waals surface area contributed by atoms with Gasteiger partial charge in [-0.05, 0) is 38.4 Å². The predicted octanol–water partition coefficient (Wildman–Crippen LogP) is 1.22. The van der Waals surface area contributed by atoms with Crippen LogP contribution in [0, 0.1) is 5.92 Å². The quantitative estimate of drug-likeness (QED) is 0.717. The van der Waals surface area contributed by atoms with Crippen molar-refractivity contribution in [3.05, 3.63) is 30.3 Å². The van der Waals surface area contributed by atoms with E-state index in [1.807, 2.05) is 37.3 Å². The van der Waals surface area contributed by atoms with Gasteiger partial charge in [0.15, 0.2) is 0 Å². The first kappa shape index (κ1) is 20.4. The van der Waals surface area contributed by atoms with E-state index in [4.69, 9.17) is 5.73 Å². The molecule has 1 aromatic carbocycles. The minimum atomic E-state index is -0.264. The van der Waals surface area contributed by atoms with E-state index in [1.54, 1.807) is 0 Å². The lowest BCUT2D eigenvalue weighted by atomic mass is 9.96. The number of benzene rings is 1. The summed E-state index contributed by atoms with van der Waals surface area (Å²) in [5, 5.41) is 5.76. The van der Waals surface area contributed by atoms with Crippen molar-refractivity contribution in [2.75, 3.05) is 31.5 Å². The molecule has 6 nitrogen and oxygen atoms in total.